The molecule has 0 atom stereocenters. The lowest BCUT2D eigenvalue weighted by atomic mass is 9.92. The molecule has 1 heterocycles. The van der Waals surface area contributed by atoms with Gasteiger partial charge in [-0.05, 0) is 68.5 Å². The molecule has 0 saturated carbocycles. The smallest absolute Gasteiger partial charge is 0.261 e. The number of anilines is 2. The molecule has 0 spiro atoms. The Kier molecular flexibility index (Phi) is 7.18. The fourth-order valence-corrected chi connectivity index (χ4v) is 4.71. The van der Waals surface area contributed by atoms with Crippen LogP contribution in [0.2, 0.25) is 0 Å². The fourth-order valence-electron chi connectivity index (χ4n) is 3.66. The van der Waals surface area contributed by atoms with E-state index in [1.165, 1.54) is 0 Å². The molecule has 0 bridgehead atoms. The van der Waals surface area contributed by atoms with Gasteiger partial charge < -0.3 is 9.64 Å². The van der Waals surface area contributed by atoms with Crippen LogP contribution in [0.5, 0.6) is 5.75 Å². The number of rotatable bonds is 8. The Labute approximate surface area is 192 Å². The Morgan fingerprint density at radius 2 is 1.81 bits per heavy atom. The Morgan fingerprint density at radius 1 is 1.12 bits per heavy atom. The lowest BCUT2D eigenvalue weighted by Crippen LogP contribution is -2.42. The van der Waals surface area contributed by atoms with E-state index in [-0.39, 0.29) is 17.4 Å². The van der Waals surface area contributed by atoms with Crippen molar-refractivity contribution in [2.75, 3.05) is 22.8 Å². The van der Waals surface area contributed by atoms with Crippen molar-refractivity contribution < 1.29 is 17.9 Å². The molecule has 6 nitrogen and oxygen atoms in total. The van der Waals surface area contributed by atoms with Crippen molar-refractivity contribution in [3.8, 4) is 5.75 Å². The third-order valence-corrected chi connectivity index (χ3v) is 7.01. The minimum absolute atomic E-state index is 0.0246. The molecule has 0 aliphatic carbocycles. The Balaban J connectivity index is 1.92. The molecule has 7 heteroatoms. The topological polar surface area (TPSA) is 75.7 Å². The molecular formula is C25H34N2O4S. The standard InChI is InChI=1S/C25H34N2O4S/c1-6-7-19-8-11-21(12-9-19)32(29,30)26-20-10-13-23-22(16-20)27(15-14-18(2)3)24(28)25(4,5)17-31-23/h8-13,16,18,26H,6-7,14-15,17H2,1-5H3. The van der Waals surface area contributed by atoms with Gasteiger partial charge in [-0.1, -0.05) is 39.3 Å². The van der Waals surface area contributed by atoms with Crippen LogP contribution in [0.1, 0.15) is 53.0 Å². The number of nitrogens with one attached hydrogen (secondary N) is 1. The van der Waals surface area contributed by atoms with E-state index in [0.717, 1.165) is 24.8 Å². The van der Waals surface area contributed by atoms with Crippen LogP contribution in [0, 0.1) is 11.3 Å². The van der Waals surface area contributed by atoms with Crippen molar-refractivity contribution in [3.05, 3.63) is 48.0 Å². The van der Waals surface area contributed by atoms with Gasteiger partial charge in [-0.2, -0.15) is 0 Å². The second-order valence-electron chi connectivity index (χ2n) is 9.49. The summed E-state index contributed by atoms with van der Waals surface area (Å²) < 4.78 is 34.5. The van der Waals surface area contributed by atoms with E-state index < -0.39 is 15.4 Å². The van der Waals surface area contributed by atoms with Crippen molar-refractivity contribution >= 4 is 27.3 Å². The van der Waals surface area contributed by atoms with Gasteiger partial charge in [0, 0.05) is 6.54 Å². The Morgan fingerprint density at radius 3 is 2.44 bits per heavy atom. The Bertz CT molecular complexity index is 1060. The molecule has 2 aromatic rings. The van der Waals surface area contributed by atoms with E-state index in [1.54, 1.807) is 35.2 Å². The van der Waals surface area contributed by atoms with Crippen LogP contribution in [0.4, 0.5) is 11.4 Å². The first-order valence-corrected chi connectivity index (χ1v) is 12.7. The minimum atomic E-state index is -3.75. The number of amides is 1. The van der Waals surface area contributed by atoms with Crippen molar-refractivity contribution in [2.24, 2.45) is 11.3 Å². The molecule has 0 saturated heterocycles. The van der Waals surface area contributed by atoms with Crippen molar-refractivity contribution in [2.45, 2.75) is 58.8 Å². The number of hydrogen-bond donors (Lipinski definition) is 1. The van der Waals surface area contributed by atoms with Gasteiger partial charge in [-0.3, -0.25) is 9.52 Å². The van der Waals surface area contributed by atoms with Gasteiger partial charge in [-0.25, -0.2) is 8.42 Å². The average molecular weight is 459 g/mol. The maximum atomic E-state index is 13.3. The van der Waals surface area contributed by atoms with Crippen molar-refractivity contribution in [3.63, 3.8) is 0 Å². The molecule has 32 heavy (non-hydrogen) atoms. The highest BCUT2D eigenvalue weighted by Gasteiger charge is 2.37. The van der Waals surface area contributed by atoms with E-state index in [4.69, 9.17) is 4.74 Å². The molecule has 2 aromatic carbocycles. The third-order valence-electron chi connectivity index (χ3n) is 5.62. The van der Waals surface area contributed by atoms with Gasteiger partial charge in [0.05, 0.1) is 21.7 Å². The van der Waals surface area contributed by atoms with Gasteiger partial charge >= 0.3 is 0 Å². The summed E-state index contributed by atoms with van der Waals surface area (Å²) in [6.45, 7) is 10.9. The highest BCUT2D eigenvalue weighted by atomic mass is 32.2. The second kappa shape index (κ2) is 9.53. The van der Waals surface area contributed by atoms with E-state index in [9.17, 15) is 13.2 Å². The molecule has 3 rings (SSSR count). The average Bonchev–Trinajstić information content (AvgIpc) is 2.81. The predicted octanol–water partition coefficient (Wildman–Crippen LogP) is 5.24. The van der Waals surface area contributed by atoms with Gasteiger partial charge in [-0.15, -0.1) is 0 Å². The predicted molar refractivity (Wildman–Crippen MR) is 129 cm³/mol. The maximum absolute atomic E-state index is 13.3. The van der Waals surface area contributed by atoms with Gasteiger partial charge in [0.25, 0.3) is 10.0 Å². The van der Waals surface area contributed by atoms with Crippen LogP contribution in [-0.2, 0) is 21.2 Å². The molecular weight excluding hydrogens is 424 g/mol. The molecule has 0 radical (unpaired) electrons. The van der Waals surface area contributed by atoms with Crippen LogP contribution in [0.3, 0.4) is 0 Å². The molecule has 1 aliphatic rings. The molecule has 1 amide bonds. The summed E-state index contributed by atoms with van der Waals surface area (Å²) >= 11 is 0. The van der Waals surface area contributed by atoms with Gasteiger partial charge in [0.2, 0.25) is 5.91 Å². The number of hydrogen-bond acceptors (Lipinski definition) is 4. The highest BCUT2D eigenvalue weighted by molar-refractivity contribution is 7.92. The van der Waals surface area contributed by atoms with Crippen LogP contribution < -0.4 is 14.4 Å². The monoisotopic (exact) mass is 458 g/mol. The molecule has 1 aliphatic heterocycles. The van der Waals surface area contributed by atoms with Gasteiger partial charge in [0.15, 0.2) is 0 Å². The lowest BCUT2D eigenvalue weighted by molar-refractivity contribution is -0.127. The van der Waals surface area contributed by atoms with Crippen LogP contribution in [0.15, 0.2) is 47.4 Å². The van der Waals surface area contributed by atoms with Crippen LogP contribution >= 0.6 is 0 Å². The minimum Gasteiger partial charge on any atom is -0.490 e. The maximum Gasteiger partial charge on any atom is 0.261 e. The number of carbonyl (C=O) groups excluding carboxylic acids is 1. The molecule has 174 valence electrons. The van der Waals surface area contributed by atoms with E-state index in [1.807, 2.05) is 26.0 Å². The summed E-state index contributed by atoms with van der Waals surface area (Å²) in [5.74, 6) is 0.985. The quantitative estimate of drug-likeness (QED) is 0.587. The lowest BCUT2D eigenvalue weighted by Gasteiger charge is -2.28. The van der Waals surface area contributed by atoms with E-state index in [0.29, 0.717) is 29.6 Å². The fraction of sp³-hybridized carbons (Fsp3) is 0.480. The summed E-state index contributed by atoms with van der Waals surface area (Å²) in [6, 6.07) is 12.0. The summed E-state index contributed by atoms with van der Waals surface area (Å²) in [5, 5.41) is 0. The van der Waals surface area contributed by atoms with Gasteiger partial charge in [0.1, 0.15) is 12.4 Å². The number of benzene rings is 2. The van der Waals surface area contributed by atoms with E-state index in [2.05, 4.69) is 25.5 Å². The van der Waals surface area contributed by atoms with Crippen molar-refractivity contribution in [1.29, 1.82) is 0 Å². The first-order valence-electron chi connectivity index (χ1n) is 11.2. The molecule has 0 aromatic heterocycles. The Hall–Kier alpha value is -2.54. The number of aryl methyl sites for hydroxylation is 1. The normalized spacial score (nSPS) is 15.8. The van der Waals surface area contributed by atoms with Crippen molar-refractivity contribution in [1.82, 2.24) is 0 Å². The molecule has 0 unspecified atom stereocenters. The highest BCUT2D eigenvalue weighted by Crippen LogP contribution is 2.39. The number of fused-ring (bicyclic) bond motifs is 1. The third kappa shape index (κ3) is 5.44. The molecule has 0 fully saturated rings. The molecule has 1 N–H and O–H groups in total. The van der Waals surface area contributed by atoms with Crippen LogP contribution in [0.25, 0.3) is 0 Å². The summed E-state index contributed by atoms with van der Waals surface area (Å²) in [5.41, 5.74) is 1.43. The second-order valence-corrected chi connectivity index (χ2v) is 11.2. The number of sulfonamides is 1. The van der Waals surface area contributed by atoms with Crippen LogP contribution in [-0.4, -0.2) is 27.5 Å². The number of ether oxygens (including phenoxy) is 1. The van der Waals surface area contributed by atoms with E-state index >= 15 is 0 Å². The number of nitrogens with zero attached hydrogens (tertiary/aromatic N) is 1. The zero-order valence-corrected chi connectivity index (χ0v) is 20.5. The number of carbonyl (C=O) groups is 1. The summed E-state index contributed by atoms with van der Waals surface area (Å²) in [4.78, 5) is 15.2. The zero-order valence-electron chi connectivity index (χ0n) is 19.6. The zero-order chi connectivity index (χ0) is 23.5. The summed E-state index contributed by atoms with van der Waals surface area (Å²) in [7, 11) is -3.75. The largest absolute Gasteiger partial charge is 0.490 e. The first kappa shape index (κ1) is 24.1. The SMILES string of the molecule is CCCc1ccc(S(=O)(=O)Nc2ccc3c(c2)N(CCC(C)C)C(=O)C(C)(C)CO3)cc1. The summed E-state index contributed by atoms with van der Waals surface area (Å²) in [6.07, 6.45) is 2.75. The first-order chi connectivity index (χ1) is 15.0.